The highest BCUT2D eigenvalue weighted by Crippen LogP contribution is 2.39. The average molecular weight is 289 g/mol. The van der Waals surface area contributed by atoms with Gasteiger partial charge in [-0.15, -0.1) is 11.3 Å². The fourth-order valence-corrected chi connectivity index (χ4v) is 4.37. The van der Waals surface area contributed by atoms with Gasteiger partial charge in [0, 0.05) is 24.4 Å². The van der Waals surface area contributed by atoms with Crippen molar-refractivity contribution in [3.63, 3.8) is 0 Å². The van der Waals surface area contributed by atoms with Gasteiger partial charge in [-0.2, -0.15) is 0 Å². The molecule has 0 atom stereocenters. The molecular formula is C16H23N3S. The molecule has 0 radical (unpaired) electrons. The summed E-state index contributed by atoms with van der Waals surface area (Å²) in [7, 11) is 0. The highest BCUT2D eigenvalue weighted by Gasteiger charge is 2.22. The molecule has 1 aliphatic carbocycles. The van der Waals surface area contributed by atoms with Gasteiger partial charge in [-0.1, -0.05) is 6.92 Å². The van der Waals surface area contributed by atoms with Crippen LogP contribution in [0.1, 0.15) is 49.9 Å². The van der Waals surface area contributed by atoms with E-state index < -0.39 is 0 Å². The molecule has 0 spiro atoms. The van der Waals surface area contributed by atoms with Crippen LogP contribution in [0.4, 0.5) is 5.82 Å². The second kappa shape index (κ2) is 5.68. The maximum Gasteiger partial charge on any atom is 0.141 e. The predicted molar refractivity (Wildman–Crippen MR) is 87.0 cm³/mol. The van der Waals surface area contributed by atoms with Crippen LogP contribution in [0.5, 0.6) is 0 Å². The molecular weight excluding hydrogens is 266 g/mol. The lowest BCUT2D eigenvalue weighted by Crippen LogP contribution is -2.24. The van der Waals surface area contributed by atoms with E-state index >= 15 is 0 Å². The van der Waals surface area contributed by atoms with Gasteiger partial charge in [0.15, 0.2) is 0 Å². The quantitative estimate of drug-likeness (QED) is 0.852. The van der Waals surface area contributed by atoms with Crippen molar-refractivity contribution >= 4 is 27.4 Å². The number of aromatic nitrogens is 2. The lowest BCUT2D eigenvalue weighted by molar-refractivity contribution is 0.699. The monoisotopic (exact) mass is 289 g/mol. The first kappa shape index (κ1) is 13.8. The lowest BCUT2D eigenvalue weighted by atomic mass is 9.97. The van der Waals surface area contributed by atoms with E-state index in [1.807, 2.05) is 11.3 Å². The molecule has 0 saturated heterocycles. The van der Waals surface area contributed by atoms with Gasteiger partial charge in [-0.25, -0.2) is 9.97 Å². The Hall–Kier alpha value is -1.16. The van der Waals surface area contributed by atoms with Crippen molar-refractivity contribution in [1.82, 2.24) is 9.97 Å². The van der Waals surface area contributed by atoms with E-state index in [0.717, 1.165) is 25.3 Å². The summed E-state index contributed by atoms with van der Waals surface area (Å²) >= 11 is 1.90. The van der Waals surface area contributed by atoms with Crippen molar-refractivity contribution in [3.8, 4) is 0 Å². The molecule has 2 aromatic heterocycles. The van der Waals surface area contributed by atoms with Gasteiger partial charge >= 0.3 is 0 Å². The van der Waals surface area contributed by atoms with Crippen molar-refractivity contribution in [2.45, 2.75) is 52.9 Å². The van der Waals surface area contributed by atoms with E-state index in [1.165, 1.54) is 41.7 Å². The molecule has 0 bridgehead atoms. The Labute approximate surface area is 125 Å². The maximum atomic E-state index is 4.86. The van der Waals surface area contributed by atoms with E-state index in [9.17, 15) is 0 Å². The first-order valence-electron chi connectivity index (χ1n) is 7.84. The lowest BCUT2D eigenvalue weighted by Gasteiger charge is -2.22. The van der Waals surface area contributed by atoms with Crippen LogP contribution in [0.3, 0.4) is 0 Å². The molecule has 0 aliphatic heterocycles. The van der Waals surface area contributed by atoms with Crippen molar-refractivity contribution in [3.05, 3.63) is 16.3 Å². The number of aryl methyl sites for hydroxylation is 3. The predicted octanol–water partition coefficient (Wildman–Crippen LogP) is 3.98. The molecule has 0 unspecified atom stereocenters. The fraction of sp³-hybridized carbons (Fsp3) is 0.625. The van der Waals surface area contributed by atoms with Gasteiger partial charge in [0.1, 0.15) is 16.5 Å². The van der Waals surface area contributed by atoms with Gasteiger partial charge in [-0.3, -0.25) is 0 Å². The van der Waals surface area contributed by atoms with Gasteiger partial charge in [0.05, 0.1) is 5.39 Å². The molecule has 0 fully saturated rings. The van der Waals surface area contributed by atoms with Gasteiger partial charge in [0.25, 0.3) is 0 Å². The Bertz CT molecular complexity index is 614. The summed E-state index contributed by atoms with van der Waals surface area (Å²) < 4.78 is 0. The zero-order valence-corrected chi connectivity index (χ0v) is 13.5. The summed E-state index contributed by atoms with van der Waals surface area (Å²) in [4.78, 5) is 14.8. The van der Waals surface area contributed by atoms with Crippen LogP contribution in [0.2, 0.25) is 0 Å². The second-order valence-corrected chi connectivity index (χ2v) is 6.46. The van der Waals surface area contributed by atoms with E-state index in [2.05, 4.69) is 25.7 Å². The molecule has 3 rings (SSSR count). The first-order valence-corrected chi connectivity index (χ1v) is 8.66. The van der Waals surface area contributed by atoms with E-state index in [-0.39, 0.29) is 0 Å². The highest BCUT2D eigenvalue weighted by molar-refractivity contribution is 7.19. The molecule has 3 nitrogen and oxygen atoms in total. The summed E-state index contributed by atoms with van der Waals surface area (Å²) in [6, 6.07) is 0. The highest BCUT2D eigenvalue weighted by atomic mass is 32.1. The van der Waals surface area contributed by atoms with Crippen molar-refractivity contribution < 1.29 is 0 Å². The Kier molecular flexibility index (Phi) is 3.92. The van der Waals surface area contributed by atoms with Crippen LogP contribution in [0.25, 0.3) is 10.2 Å². The van der Waals surface area contributed by atoms with Crippen molar-refractivity contribution in [1.29, 1.82) is 0 Å². The standard InChI is InChI=1S/C16H23N3S/c1-4-13-17-15(19(5-2)6-3)14-11-9-7-8-10-12(11)20-16(14)18-13/h4-10H2,1-3H3. The number of anilines is 1. The molecule has 0 aromatic carbocycles. The summed E-state index contributed by atoms with van der Waals surface area (Å²) in [5.74, 6) is 2.16. The van der Waals surface area contributed by atoms with Gasteiger partial charge < -0.3 is 4.90 Å². The number of thiophene rings is 1. The Balaban J connectivity index is 2.26. The number of nitrogens with zero attached hydrogens (tertiary/aromatic N) is 3. The van der Waals surface area contributed by atoms with Crippen LogP contribution in [0.15, 0.2) is 0 Å². The van der Waals surface area contributed by atoms with E-state index in [4.69, 9.17) is 9.97 Å². The SMILES string of the molecule is CCc1nc(N(CC)CC)c2c3c(sc2n1)CCCC3. The van der Waals surface area contributed by atoms with Crippen LogP contribution in [0, 0.1) is 0 Å². The van der Waals surface area contributed by atoms with Crippen molar-refractivity contribution in [2.75, 3.05) is 18.0 Å². The molecule has 0 N–H and O–H groups in total. The van der Waals surface area contributed by atoms with Gasteiger partial charge in [0.2, 0.25) is 0 Å². The Morgan fingerprint density at radius 2 is 1.80 bits per heavy atom. The summed E-state index contributed by atoms with van der Waals surface area (Å²) in [5, 5.41) is 1.35. The maximum absolute atomic E-state index is 4.86. The molecule has 0 saturated carbocycles. The van der Waals surface area contributed by atoms with Gasteiger partial charge in [-0.05, 0) is 45.1 Å². The molecule has 4 heteroatoms. The third-order valence-electron chi connectivity index (χ3n) is 4.22. The molecule has 2 heterocycles. The number of hydrogen-bond acceptors (Lipinski definition) is 4. The largest absolute Gasteiger partial charge is 0.357 e. The third kappa shape index (κ3) is 2.20. The number of hydrogen-bond donors (Lipinski definition) is 0. The molecule has 1 aliphatic rings. The van der Waals surface area contributed by atoms with Crippen LogP contribution < -0.4 is 4.90 Å². The summed E-state index contributed by atoms with van der Waals surface area (Å²) in [6.07, 6.45) is 5.99. The van der Waals surface area contributed by atoms with Crippen molar-refractivity contribution in [2.24, 2.45) is 0 Å². The normalized spacial score (nSPS) is 14.6. The second-order valence-electron chi connectivity index (χ2n) is 5.38. The van der Waals surface area contributed by atoms with Crippen LogP contribution in [-0.4, -0.2) is 23.1 Å². The average Bonchev–Trinajstić information content (AvgIpc) is 2.86. The van der Waals surface area contributed by atoms with E-state index in [1.54, 1.807) is 10.4 Å². The zero-order valence-electron chi connectivity index (χ0n) is 12.7. The number of rotatable bonds is 4. The third-order valence-corrected chi connectivity index (χ3v) is 5.41. The Morgan fingerprint density at radius 1 is 1.05 bits per heavy atom. The summed E-state index contributed by atoms with van der Waals surface area (Å²) in [5.41, 5.74) is 1.54. The van der Waals surface area contributed by atoms with E-state index in [0.29, 0.717) is 0 Å². The topological polar surface area (TPSA) is 29.0 Å². The van der Waals surface area contributed by atoms with Crippen LogP contribution >= 0.6 is 11.3 Å². The smallest absolute Gasteiger partial charge is 0.141 e. The molecule has 20 heavy (non-hydrogen) atoms. The minimum absolute atomic E-state index is 0.909. The van der Waals surface area contributed by atoms with Crippen LogP contribution in [-0.2, 0) is 19.3 Å². The minimum atomic E-state index is 0.909. The number of fused-ring (bicyclic) bond motifs is 3. The summed E-state index contributed by atoms with van der Waals surface area (Å²) in [6.45, 7) is 8.58. The Morgan fingerprint density at radius 3 is 2.50 bits per heavy atom. The zero-order chi connectivity index (χ0) is 14.1. The first-order chi connectivity index (χ1) is 9.78. The minimum Gasteiger partial charge on any atom is -0.357 e. The molecule has 108 valence electrons. The molecule has 2 aromatic rings. The molecule has 0 amide bonds. The fourth-order valence-electron chi connectivity index (χ4n) is 3.09.